The molecule has 1 fully saturated rings. The van der Waals surface area contributed by atoms with Crippen molar-refractivity contribution in [2.75, 3.05) is 13.1 Å². The second-order valence-corrected chi connectivity index (χ2v) is 4.45. The van der Waals surface area contributed by atoms with Gasteiger partial charge in [-0.1, -0.05) is 6.08 Å². The van der Waals surface area contributed by atoms with Crippen molar-refractivity contribution in [2.45, 2.75) is 12.8 Å². The van der Waals surface area contributed by atoms with Gasteiger partial charge in [-0.05, 0) is 5.57 Å². The van der Waals surface area contributed by atoms with Crippen molar-refractivity contribution in [3.63, 3.8) is 0 Å². The van der Waals surface area contributed by atoms with Gasteiger partial charge in [-0.25, -0.2) is 10.0 Å². The fourth-order valence-corrected chi connectivity index (χ4v) is 2.49. The molecule has 0 aromatic heterocycles. The van der Waals surface area contributed by atoms with Crippen LogP contribution >= 0.6 is 0 Å². The molecule has 2 aliphatic heterocycles. The molecule has 102 valence electrons. The molecule has 1 unspecified atom stereocenters. The summed E-state index contributed by atoms with van der Waals surface area (Å²) in [5, 5.41) is 21.0. The zero-order chi connectivity index (χ0) is 14.2. The predicted octanol–water partition coefficient (Wildman–Crippen LogP) is 0.0649. The molecule has 7 heteroatoms. The number of hydrazine groups is 1. The van der Waals surface area contributed by atoms with Crippen molar-refractivity contribution in [1.82, 2.24) is 10.0 Å². The largest absolute Gasteiger partial charge is 0.481 e. The minimum Gasteiger partial charge on any atom is -0.481 e. The zero-order valence-corrected chi connectivity index (χ0v) is 10.2. The quantitative estimate of drug-likeness (QED) is 0.683. The number of aliphatic carboxylic acids is 2. The number of carbonyl (C=O) groups is 3. The first-order valence-electron chi connectivity index (χ1n) is 5.82. The van der Waals surface area contributed by atoms with E-state index in [1.165, 1.54) is 11.1 Å². The molecule has 1 amide bonds. The van der Waals surface area contributed by atoms with Crippen molar-refractivity contribution in [3.8, 4) is 0 Å². The fraction of sp³-hybridized carbons (Fsp3) is 0.417. The molecular formula is C12H14N2O5. The van der Waals surface area contributed by atoms with Gasteiger partial charge in [-0.15, -0.1) is 6.58 Å². The standard InChI is InChI=1S/C12H14N2O5/c1-2-8(12(18)19)11-7(5-10(16)17)6-13-4-3-9(15)14(11)13/h2,8H,1,3-6H2,(H,16,17)(H,18,19). The molecular weight excluding hydrogens is 252 g/mol. The number of amides is 1. The molecule has 7 nitrogen and oxygen atoms in total. The molecule has 0 aliphatic carbocycles. The number of carbonyl (C=O) groups excluding carboxylic acids is 1. The molecule has 0 radical (unpaired) electrons. The van der Waals surface area contributed by atoms with Gasteiger partial charge in [0, 0.05) is 19.5 Å². The van der Waals surface area contributed by atoms with Crippen molar-refractivity contribution in [3.05, 3.63) is 23.9 Å². The number of carboxylic acid groups (broad SMARTS) is 2. The summed E-state index contributed by atoms with van der Waals surface area (Å²) in [6.07, 6.45) is 1.26. The number of hydrogen-bond acceptors (Lipinski definition) is 4. The summed E-state index contributed by atoms with van der Waals surface area (Å²) in [5.74, 6) is -3.46. The molecule has 0 spiro atoms. The molecule has 19 heavy (non-hydrogen) atoms. The van der Waals surface area contributed by atoms with E-state index in [4.69, 9.17) is 5.11 Å². The Kier molecular flexibility index (Phi) is 3.39. The van der Waals surface area contributed by atoms with E-state index >= 15 is 0 Å². The zero-order valence-electron chi connectivity index (χ0n) is 10.2. The van der Waals surface area contributed by atoms with Gasteiger partial charge < -0.3 is 10.2 Å². The van der Waals surface area contributed by atoms with E-state index in [9.17, 15) is 19.5 Å². The van der Waals surface area contributed by atoms with E-state index in [1.807, 2.05) is 0 Å². The van der Waals surface area contributed by atoms with Crippen molar-refractivity contribution in [1.29, 1.82) is 0 Å². The Morgan fingerprint density at radius 3 is 2.63 bits per heavy atom. The van der Waals surface area contributed by atoms with Crippen molar-refractivity contribution >= 4 is 17.8 Å². The third kappa shape index (κ3) is 2.24. The molecule has 1 saturated heterocycles. The highest BCUT2D eigenvalue weighted by atomic mass is 16.4. The van der Waals surface area contributed by atoms with Crippen LogP contribution in [0.3, 0.4) is 0 Å². The monoisotopic (exact) mass is 266 g/mol. The predicted molar refractivity (Wildman–Crippen MR) is 63.6 cm³/mol. The Hall–Kier alpha value is -2.15. The summed E-state index contributed by atoms with van der Waals surface area (Å²) in [6.45, 7) is 4.22. The summed E-state index contributed by atoms with van der Waals surface area (Å²) < 4.78 is 0. The average Bonchev–Trinajstić information content (AvgIpc) is 2.81. The molecule has 0 saturated carbocycles. The summed E-state index contributed by atoms with van der Waals surface area (Å²) >= 11 is 0. The maximum absolute atomic E-state index is 11.8. The number of rotatable bonds is 5. The van der Waals surface area contributed by atoms with Crippen LogP contribution in [0.15, 0.2) is 23.9 Å². The van der Waals surface area contributed by atoms with Gasteiger partial charge in [-0.3, -0.25) is 14.4 Å². The van der Waals surface area contributed by atoms with Gasteiger partial charge in [0.05, 0.1) is 12.1 Å². The van der Waals surface area contributed by atoms with E-state index in [0.717, 1.165) is 0 Å². The van der Waals surface area contributed by atoms with Gasteiger partial charge in [0.1, 0.15) is 5.92 Å². The van der Waals surface area contributed by atoms with Crippen LogP contribution in [-0.2, 0) is 14.4 Å². The van der Waals surface area contributed by atoms with Crippen molar-refractivity contribution in [2.24, 2.45) is 5.92 Å². The third-order valence-electron chi connectivity index (χ3n) is 3.23. The Balaban J connectivity index is 2.44. The van der Waals surface area contributed by atoms with Crippen LogP contribution in [0.2, 0.25) is 0 Å². The Morgan fingerprint density at radius 1 is 1.42 bits per heavy atom. The van der Waals surface area contributed by atoms with Crippen LogP contribution in [0.25, 0.3) is 0 Å². The highest BCUT2D eigenvalue weighted by Crippen LogP contribution is 2.35. The molecule has 2 aliphatic rings. The van der Waals surface area contributed by atoms with E-state index in [0.29, 0.717) is 18.5 Å². The topological polar surface area (TPSA) is 98.1 Å². The minimum atomic E-state index is -1.14. The number of fused-ring (bicyclic) bond motifs is 1. The number of hydrogen-bond donors (Lipinski definition) is 2. The minimum absolute atomic E-state index is 0.205. The lowest BCUT2D eigenvalue weighted by Crippen LogP contribution is -2.36. The van der Waals surface area contributed by atoms with Crippen LogP contribution in [0.4, 0.5) is 0 Å². The van der Waals surface area contributed by atoms with E-state index in [1.54, 1.807) is 5.01 Å². The summed E-state index contributed by atoms with van der Waals surface area (Å²) in [4.78, 5) is 33.9. The SMILES string of the molecule is C=CC(C(=O)O)C1=C(CC(=O)O)CN2CCC(=O)N12. The highest BCUT2D eigenvalue weighted by molar-refractivity contribution is 5.85. The smallest absolute Gasteiger partial charge is 0.316 e. The molecule has 2 rings (SSSR count). The van der Waals surface area contributed by atoms with Gasteiger partial charge in [0.25, 0.3) is 0 Å². The molecule has 1 atom stereocenters. The van der Waals surface area contributed by atoms with Gasteiger partial charge in [0.2, 0.25) is 5.91 Å². The Bertz CT molecular complexity index is 496. The second kappa shape index (κ2) is 4.85. The lowest BCUT2D eigenvalue weighted by molar-refractivity contribution is -0.141. The van der Waals surface area contributed by atoms with Gasteiger partial charge >= 0.3 is 11.9 Å². The summed E-state index contributed by atoms with van der Waals surface area (Å²) in [5.41, 5.74) is 0.695. The van der Waals surface area contributed by atoms with Gasteiger partial charge in [0.15, 0.2) is 0 Å². The normalized spacial score (nSPS) is 20.6. The van der Waals surface area contributed by atoms with Crippen LogP contribution in [0.5, 0.6) is 0 Å². The lowest BCUT2D eigenvalue weighted by atomic mass is 9.99. The van der Waals surface area contributed by atoms with Crippen LogP contribution in [-0.4, -0.2) is 51.2 Å². The van der Waals surface area contributed by atoms with Gasteiger partial charge in [-0.2, -0.15) is 0 Å². The number of nitrogens with zero attached hydrogens (tertiary/aromatic N) is 2. The first kappa shape index (κ1) is 13.3. The molecule has 2 heterocycles. The van der Waals surface area contributed by atoms with Crippen LogP contribution in [0.1, 0.15) is 12.8 Å². The summed E-state index contributed by atoms with van der Waals surface area (Å²) in [6, 6.07) is 0. The van der Waals surface area contributed by atoms with Crippen molar-refractivity contribution < 1.29 is 24.6 Å². The average molecular weight is 266 g/mol. The van der Waals surface area contributed by atoms with E-state index in [-0.39, 0.29) is 24.6 Å². The molecule has 0 bridgehead atoms. The maximum atomic E-state index is 11.8. The molecule has 0 aromatic rings. The highest BCUT2D eigenvalue weighted by Gasteiger charge is 2.43. The molecule has 0 aromatic carbocycles. The van der Waals surface area contributed by atoms with E-state index in [2.05, 4.69) is 6.58 Å². The summed E-state index contributed by atoms with van der Waals surface area (Å²) in [7, 11) is 0. The second-order valence-electron chi connectivity index (χ2n) is 4.45. The van der Waals surface area contributed by atoms with Crippen LogP contribution in [0, 0.1) is 5.92 Å². The lowest BCUT2D eigenvalue weighted by Gasteiger charge is -2.24. The Labute approximate surface area is 109 Å². The van der Waals surface area contributed by atoms with Crippen LogP contribution < -0.4 is 0 Å². The first-order chi connectivity index (χ1) is 8.95. The first-order valence-corrected chi connectivity index (χ1v) is 5.82. The number of carboxylic acids is 2. The fourth-order valence-electron chi connectivity index (χ4n) is 2.49. The third-order valence-corrected chi connectivity index (χ3v) is 3.23. The van der Waals surface area contributed by atoms with E-state index < -0.39 is 17.9 Å². The maximum Gasteiger partial charge on any atom is 0.316 e. The molecule has 2 N–H and O–H groups in total. The Morgan fingerprint density at radius 2 is 2.11 bits per heavy atom.